The summed E-state index contributed by atoms with van der Waals surface area (Å²) in [7, 11) is 0. The van der Waals surface area contributed by atoms with Gasteiger partial charge in [0.1, 0.15) is 0 Å². The van der Waals surface area contributed by atoms with E-state index in [-0.39, 0.29) is 12.4 Å². The fourth-order valence-corrected chi connectivity index (χ4v) is 5.06. The summed E-state index contributed by atoms with van der Waals surface area (Å²) < 4.78 is 12.6. The molecule has 4 heteroatoms. The van der Waals surface area contributed by atoms with E-state index < -0.39 is 11.4 Å². The number of ether oxygens (including phenoxy) is 2. The average Bonchev–Trinajstić information content (AvgIpc) is 2.69. The van der Waals surface area contributed by atoms with E-state index in [2.05, 4.69) is 13.5 Å². The number of hydrogen-bond acceptors (Lipinski definition) is 4. The lowest BCUT2D eigenvalue weighted by molar-refractivity contribution is -0.569. The van der Waals surface area contributed by atoms with Gasteiger partial charge in [0.25, 0.3) is 0 Å². The normalized spacial score (nSPS) is 55.6. The lowest BCUT2D eigenvalue weighted by Gasteiger charge is -2.59. The Morgan fingerprint density at radius 2 is 2.10 bits per heavy atom. The zero-order valence-electron chi connectivity index (χ0n) is 13.0. The quantitative estimate of drug-likeness (QED) is 0.576. The van der Waals surface area contributed by atoms with Gasteiger partial charge in [0, 0.05) is 12.3 Å². The van der Waals surface area contributed by atoms with E-state index >= 15 is 0 Å². The van der Waals surface area contributed by atoms with Crippen molar-refractivity contribution >= 4 is 0 Å². The zero-order chi connectivity index (χ0) is 14.7. The minimum absolute atomic E-state index is 0.174. The Morgan fingerprint density at radius 3 is 2.90 bits per heavy atom. The van der Waals surface area contributed by atoms with Crippen molar-refractivity contribution < 1.29 is 19.2 Å². The van der Waals surface area contributed by atoms with Crippen LogP contribution in [0.5, 0.6) is 0 Å². The summed E-state index contributed by atoms with van der Waals surface area (Å²) in [4.78, 5) is 11.8. The Kier molecular flexibility index (Phi) is 3.23. The lowest BCUT2D eigenvalue weighted by Crippen LogP contribution is -2.69. The number of rotatable bonds is 2. The molecule has 1 saturated carbocycles. The summed E-state index contributed by atoms with van der Waals surface area (Å²) >= 11 is 0. The van der Waals surface area contributed by atoms with Crippen LogP contribution in [0.25, 0.3) is 0 Å². The highest BCUT2D eigenvalue weighted by Crippen LogP contribution is 2.59. The summed E-state index contributed by atoms with van der Waals surface area (Å²) in [5.41, 5.74) is -0.397. The Hall–Kier alpha value is -0.420. The van der Waals surface area contributed by atoms with Gasteiger partial charge in [0.05, 0.1) is 6.10 Å². The highest BCUT2D eigenvalue weighted by Gasteiger charge is 2.67. The maximum Gasteiger partial charge on any atom is 0.201 e. The smallest absolute Gasteiger partial charge is 0.201 e. The predicted molar refractivity (Wildman–Crippen MR) is 77.1 cm³/mol. The molecular formula is C17H26O4. The van der Waals surface area contributed by atoms with Crippen LogP contribution >= 0.6 is 0 Å². The molecule has 0 N–H and O–H groups in total. The van der Waals surface area contributed by atoms with E-state index in [1.54, 1.807) is 0 Å². The molecule has 4 heterocycles. The fourth-order valence-electron chi connectivity index (χ4n) is 5.06. The third kappa shape index (κ3) is 1.89. The maximum atomic E-state index is 6.35. The maximum absolute atomic E-state index is 6.35. The second-order valence-corrected chi connectivity index (χ2v) is 7.43. The van der Waals surface area contributed by atoms with Crippen LogP contribution in [-0.4, -0.2) is 23.8 Å². The second-order valence-electron chi connectivity index (χ2n) is 7.43. The third-order valence-electron chi connectivity index (χ3n) is 6.24. The highest BCUT2D eigenvalue weighted by molar-refractivity contribution is 5.08. The zero-order valence-corrected chi connectivity index (χ0v) is 13.0. The molecule has 7 atom stereocenters. The van der Waals surface area contributed by atoms with Crippen molar-refractivity contribution in [3.63, 3.8) is 0 Å². The Balaban J connectivity index is 1.75. The van der Waals surface area contributed by atoms with Crippen LogP contribution in [0, 0.1) is 17.8 Å². The van der Waals surface area contributed by atoms with Crippen molar-refractivity contribution in [2.45, 2.75) is 76.2 Å². The van der Waals surface area contributed by atoms with Crippen molar-refractivity contribution in [3.8, 4) is 0 Å². The molecule has 4 aliphatic heterocycles. The van der Waals surface area contributed by atoms with Gasteiger partial charge in [0.15, 0.2) is 11.9 Å². The largest absolute Gasteiger partial charge is 0.346 e. The van der Waals surface area contributed by atoms with E-state index in [1.165, 1.54) is 19.3 Å². The molecule has 1 spiro atoms. The summed E-state index contributed by atoms with van der Waals surface area (Å²) in [5, 5.41) is 0. The third-order valence-corrected chi connectivity index (χ3v) is 6.24. The first-order valence-electron chi connectivity index (χ1n) is 8.40. The summed E-state index contributed by atoms with van der Waals surface area (Å²) in [6, 6.07) is 0. The van der Waals surface area contributed by atoms with Gasteiger partial charge in [-0.25, -0.2) is 9.78 Å². The predicted octanol–water partition coefficient (Wildman–Crippen LogP) is 3.57. The Morgan fingerprint density at radius 1 is 1.24 bits per heavy atom. The van der Waals surface area contributed by atoms with Gasteiger partial charge < -0.3 is 9.47 Å². The SMILES string of the molecule is C=CCC1OC2OC3(C)CCC4CCCC(C1C)C42OO3. The molecule has 5 rings (SSSR count). The minimum Gasteiger partial charge on any atom is -0.346 e. The summed E-state index contributed by atoms with van der Waals surface area (Å²) in [6.45, 7) is 8.13. The Bertz CT molecular complexity index is 439. The highest BCUT2D eigenvalue weighted by atomic mass is 17.3. The molecule has 0 aromatic rings. The topological polar surface area (TPSA) is 36.9 Å². The van der Waals surface area contributed by atoms with Crippen LogP contribution < -0.4 is 0 Å². The first kappa shape index (κ1) is 14.2. The molecule has 0 aromatic carbocycles. The fraction of sp³-hybridized carbons (Fsp3) is 0.882. The van der Waals surface area contributed by atoms with Crippen LogP contribution in [0.3, 0.4) is 0 Å². The van der Waals surface area contributed by atoms with Crippen molar-refractivity contribution in [1.29, 1.82) is 0 Å². The molecule has 5 fully saturated rings. The van der Waals surface area contributed by atoms with E-state index in [0.717, 1.165) is 19.3 Å². The first-order valence-corrected chi connectivity index (χ1v) is 8.40. The van der Waals surface area contributed by atoms with Gasteiger partial charge in [-0.3, -0.25) is 0 Å². The molecule has 0 radical (unpaired) electrons. The number of hydrogen-bond donors (Lipinski definition) is 0. The van der Waals surface area contributed by atoms with Crippen LogP contribution in [0.2, 0.25) is 0 Å². The molecular weight excluding hydrogens is 268 g/mol. The Labute approximate surface area is 126 Å². The standard InChI is InChI=1S/C17H26O4/c1-4-6-14-11(2)13-8-5-7-12-9-10-16(3)19-15(18-14)17(12,13)21-20-16/h4,11-15H,1,5-10H2,2-3H3. The minimum atomic E-state index is -0.656. The first-order chi connectivity index (χ1) is 10.1. The van der Waals surface area contributed by atoms with E-state index in [4.69, 9.17) is 19.2 Å². The molecule has 118 valence electrons. The van der Waals surface area contributed by atoms with Crippen molar-refractivity contribution in [1.82, 2.24) is 0 Å². The van der Waals surface area contributed by atoms with Gasteiger partial charge in [-0.05, 0) is 44.4 Å². The molecule has 7 unspecified atom stereocenters. The monoisotopic (exact) mass is 294 g/mol. The van der Waals surface area contributed by atoms with Crippen LogP contribution in [0.4, 0.5) is 0 Å². The van der Waals surface area contributed by atoms with Crippen LogP contribution in [-0.2, 0) is 19.2 Å². The summed E-state index contributed by atoms with van der Waals surface area (Å²) in [6.07, 6.45) is 8.33. The molecule has 5 aliphatic rings. The summed E-state index contributed by atoms with van der Waals surface area (Å²) in [5.74, 6) is 0.717. The second kappa shape index (κ2) is 4.79. The van der Waals surface area contributed by atoms with Crippen molar-refractivity contribution in [2.24, 2.45) is 17.8 Å². The van der Waals surface area contributed by atoms with E-state index in [1.807, 2.05) is 13.0 Å². The van der Waals surface area contributed by atoms with E-state index in [0.29, 0.717) is 17.8 Å². The van der Waals surface area contributed by atoms with Crippen LogP contribution in [0.1, 0.15) is 52.4 Å². The lowest BCUT2D eigenvalue weighted by atomic mass is 9.60. The molecule has 0 amide bonds. The van der Waals surface area contributed by atoms with Gasteiger partial charge in [-0.1, -0.05) is 19.4 Å². The van der Waals surface area contributed by atoms with Gasteiger partial charge in [-0.15, -0.1) is 6.58 Å². The van der Waals surface area contributed by atoms with Crippen molar-refractivity contribution in [3.05, 3.63) is 12.7 Å². The average molecular weight is 294 g/mol. The van der Waals surface area contributed by atoms with Gasteiger partial charge in [0.2, 0.25) is 5.79 Å². The van der Waals surface area contributed by atoms with E-state index in [9.17, 15) is 0 Å². The van der Waals surface area contributed by atoms with Gasteiger partial charge in [-0.2, -0.15) is 0 Å². The molecule has 1 aliphatic carbocycles. The van der Waals surface area contributed by atoms with Crippen LogP contribution in [0.15, 0.2) is 12.7 Å². The molecule has 0 aromatic heterocycles. The molecule has 4 nitrogen and oxygen atoms in total. The molecule has 2 bridgehead atoms. The molecule has 4 saturated heterocycles. The molecule has 21 heavy (non-hydrogen) atoms. The van der Waals surface area contributed by atoms with Gasteiger partial charge >= 0.3 is 0 Å². The number of fused-ring (bicyclic) bond motifs is 2. The van der Waals surface area contributed by atoms with Crippen molar-refractivity contribution in [2.75, 3.05) is 0 Å².